The van der Waals surface area contributed by atoms with Crippen molar-refractivity contribution in [2.75, 3.05) is 0 Å². The maximum atomic E-state index is 12.0. The minimum atomic E-state index is -1.05. The summed E-state index contributed by atoms with van der Waals surface area (Å²) in [6.45, 7) is 4.14. The second-order valence-electron chi connectivity index (χ2n) is 8.52. The molecular formula is C26H21N5O2. The van der Waals surface area contributed by atoms with E-state index in [0.717, 1.165) is 45.0 Å². The lowest BCUT2D eigenvalue weighted by molar-refractivity contribution is 0.0689. The number of carboxylic acids is 1. The lowest BCUT2D eigenvalue weighted by Crippen LogP contribution is -2.09. The van der Waals surface area contributed by atoms with Crippen molar-refractivity contribution in [3.05, 3.63) is 94.6 Å². The van der Waals surface area contributed by atoms with E-state index in [1.54, 1.807) is 0 Å². The number of aryl methyl sites for hydroxylation is 2. The van der Waals surface area contributed by atoms with Crippen molar-refractivity contribution >= 4 is 16.9 Å². The van der Waals surface area contributed by atoms with Crippen LogP contribution in [0.15, 0.2) is 55.1 Å². The van der Waals surface area contributed by atoms with Gasteiger partial charge in [-0.3, -0.25) is 4.57 Å². The summed E-state index contributed by atoms with van der Waals surface area (Å²) in [6, 6.07) is 12.5. The van der Waals surface area contributed by atoms with Crippen LogP contribution in [0.3, 0.4) is 0 Å². The van der Waals surface area contributed by atoms with Crippen molar-refractivity contribution in [2.45, 2.75) is 26.7 Å². The molecule has 7 heteroatoms. The number of aromatic carboxylic acids is 1. The molecule has 0 fully saturated rings. The summed E-state index contributed by atoms with van der Waals surface area (Å²) in [4.78, 5) is 28.7. The van der Waals surface area contributed by atoms with E-state index in [9.17, 15) is 9.90 Å². The van der Waals surface area contributed by atoms with Crippen LogP contribution in [0, 0.1) is 13.8 Å². The first-order valence-corrected chi connectivity index (χ1v) is 10.8. The van der Waals surface area contributed by atoms with Gasteiger partial charge < -0.3 is 10.1 Å². The molecule has 3 aromatic heterocycles. The Morgan fingerprint density at radius 3 is 2.79 bits per heavy atom. The normalized spacial score (nSPS) is 12.2. The van der Waals surface area contributed by atoms with Gasteiger partial charge in [-0.25, -0.2) is 19.7 Å². The highest BCUT2D eigenvalue weighted by atomic mass is 16.4. The van der Waals surface area contributed by atoms with Crippen molar-refractivity contribution in [2.24, 2.45) is 0 Å². The minimum Gasteiger partial charge on any atom is -0.476 e. The van der Waals surface area contributed by atoms with E-state index in [1.165, 1.54) is 11.7 Å². The van der Waals surface area contributed by atoms with Crippen LogP contribution in [0.25, 0.3) is 27.8 Å². The molecule has 0 bridgehead atoms. The number of aromatic amines is 1. The van der Waals surface area contributed by atoms with E-state index in [0.29, 0.717) is 24.1 Å². The summed E-state index contributed by atoms with van der Waals surface area (Å²) in [5.74, 6) is -0.150. The van der Waals surface area contributed by atoms with Gasteiger partial charge in [0.2, 0.25) is 0 Å². The maximum absolute atomic E-state index is 12.0. The Morgan fingerprint density at radius 2 is 1.94 bits per heavy atom. The third-order valence-corrected chi connectivity index (χ3v) is 6.55. The van der Waals surface area contributed by atoms with E-state index in [-0.39, 0.29) is 5.69 Å². The highest BCUT2D eigenvalue weighted by Gasteiger charge is 2.28. The summed E-state index contributed by atoms with van der Waals surface area (Å²) in [5, 5.41) is 11.0. The number of rotatable bonds is 3. The molecule has 0 unspecified atom stereocenters. The van der Waals surface area contributed by atoms with E-state index in [4.69, 9.17) is 4.98 Å². The number of fused-ring (bicyclic) bond motifs is 6. The van der Waals surface area contributed by atoms with Gasteiger partial charge in [0.05, 0.1) is 11.4 Å². The van der Waals surface area contributed by atoms with Crippen molar-refractivity contribution < 1.29 is 9.90 Å². The van der Waals surface area contributed by atoms with E-state index >= 15 is 0 Å². The largest absolute Gasteiger partial charge is 0.476 e. The van der Waals surface area contributed by atoms with Gasteiger partial charge in [-0.1, -0.05) is 18.2 Å². The molecule has 2 aromatic carbocycles. The molecule has 1 aliphatic heterocycles. The second-order valence-corrected chi connectivity index (χ2v) is 8.52. The van der Waals surface area contributed by atoms with Crippen LogP contribution in [0.5, 0.6) is 0 Å². The predicted octanol–water partition coefficient (Wildman–Crippen LogP) is 4.62. The van der Waals surface area contributed by atoms with E-state index in [1.807, 2.05) is 24.5 Å². The van der Waals surface area contributed by atoms with Gasteiger partial charge in [0.1, 0.15) is 12.2 Å². The summed E-state index contributed by atoms with van der Waals surface area (Å²) < 4.78 is 2.16. The molecule has 2 N–H and O–H groups in total. The number of nitrogens with zero attached hydrogens (tertiary/aromatic N) is 4. The zero-order chi connectivity index (χ0) is 22.7. The summed E-state index contributed by atoms with van der Waals surface area (Å²) in [7, 11) is 0. The number of imidazole rings is 1. The average molecular weight is 435 g/mol. The highest BCUT2D eigenvalue weighted by molar-refractivity contribution is 5.91. The van der Waals surface area contributed by atoms with Crippen molar-refractivity contribution in [3.8, 4) is 16.9 Å². The van der Waals surface area contributed by atoms with Crippen LogP contribution in [0.4, 0.5) is 0 Å². The summed E-state index contributed by atoms with van der Waals surface area (Å²) in [5.41, 5.74) is 8.65. The fraction of sp³-hybridized carbons (Fsp3) is 0.154. The number of H-pyrrole nitrogens is 1. The molecular weight excluding hydrogens is 414 g/mol. The van der Waals surface area contributed by atoms with Gasteiger partial charge in [0.25, 0.3) is 0 Å². The lowest BCUT2D eigenvalue weighted by atomic mass is 9.97. The van der Waals surface area contributed by atoms with Gasteiger partial charge in [-0.05, 0) is 48.7 Å². The Bertz CT molecular complexity index is 1580. The molecule has 7 nitrogen and oxygen atoms in total. The number of nitrogens with one attached hydrogen (secondary N) is 1. The number of hydrogen-bond donors (Lipinski definition) is 2. The fourth-order valence-corrected chi connectivity index (χ4v) is 4.77. The van der Waals surface area contributed by atoms with Gasteiger partial charge >= 0.3 is 5.97 Å². The maximum Gasteiger partial charge on any atom is 0.354 e. The number of carbonyl (C=O) groups is 1. The van der Waals surface area contributed by atoms with Crippen LogP contribution in [-0.2, 0) is 12.8 Å². The van der Waals surface area contributed by atoms with Gasteiger partial charge in [-0.15, -0.1) is 0 Å². The first kappa shape index (κ1) is 19.4. The standard InChI is InChI=1S/C26H21N5O2/c1-14-7-19-22(8-15(14)2)31-17(10-20-24(19)29-13-30-25(20)26(32)33)12-28-23(31)9-16-11-27-21-6-4-3-5-18(16)21/h3-8,11-13,27H,9-10H2,1-2H3,(H,32,33). The van der Waals surface area contributed by atoms with Crippen molar-refractivity contribution in [1.29, 1.82) is 0 Å². The topological polar surface area (TPSA) is 96.7 Å². The SMILES string of the molecule is Cc1cc2c(cc1C)-n1c(cnc1Cc1c[nH]c3ccccc13)Cc1c(C(=O)O)ncnc1-2. The van der Waals surface area contributed by atoms with E-state index < -0.39 is 5.97 Å². The zero-order valence-corrected chi connectivity index (χ0v) is 18.3. The van der Waals surface area contributed by atoms with Crippen molar-refractivity contribution in [1.82, 2.24) is 24.5 Å². The molecule has 33 heavy (non-hydrogen) atoms. The van der Waals surface area contributed by atoms with Gasteiger partial charge in [0, 0.05) is 53.0 Å². The van der Waals surface area contributed by atoms with Crippen LogP contribution in [-0.4, -0.2) is 35.6 Å². The molecule has 0 spiro atoms. The number of aromatic nitrogens is 5. The first-order valence-electron chi connectivity index (χ1n) is 10.8. The van der Waals surface area contributed by atoms with Crippen LogP contribution >= 0.6 is 0 Å². The molecule has 1 aliphatic rings. The Labute approximate surface area is 189 Å². The molecule has 0 saturated carbocycles. The highest BCUT2D eigenvalue weighted by Crippen LogP contribution is 2.37. The third-order valence-electron chi connectivity index (χ3n) is 6.55. The molecule has 5 aromatic rings. The quantitative estimate of drug-likeness (QED) is 0.423. The minimum absolute atomic E-state index is 0.0389. The van der Waals surface area contributed by atoms with Gasteiger partial charge in [-0.2, -0.15) is 0 Å². The number of benzene rings is 2. The molecule has 4 heterocycles. The molecule has 0 atom stereocenters. The number of carboxylic acid groups (broad SMARTS) is 1. The zero-order valence-electron chi connectivity index (χ0n) is 18.3. The Morgan fingerprint density at radius 1 is 1.12 bits per heavy atom. The van der Waals surface area contributed by atoms with Crippen LogP contribution in [0.1, 0.15) is 44.3 Å². The smallest absolute Gasteiger partial charge is 0.354 e. The number of hydrogen-bond acceptors (Lipinski definition) is 4. The summed E-state index contributed by atoms with van der Waals surface area (Å²) >= 11 is 0. The lowest BCUT2D eigenvalue weighted by Gasteiger charge is -2.16. The average Bonchev–Trinajstić information content (AvgIpc) is 3.36. The molecule has 0 radical (unpaired) electrons. The molecule has 0 aliphatic carbocycles. The third kappa shape index (κ3) is 2.96. The monoisotopic (exact) mass is 435 g/mol. The first-order chi connectivity index (χ1) is 16.0. The predicted molar refractivity (Wildman–Crippen MR) is 125 cm³/mol. The van der Waals surface area contributed by atoms with Crippen LogP contribution < -0.4 is 0 Å². The van der Waals surface area contributed by atoms with Crippen LogP contribution in [0.2, 0.25) is 0 Å². The number of para-hydroxylation sites is 1. The molecule has 6 rings (SSSR count). The second kappa shape index (κ2) is 7.13. The Balaban J connectivity index is 1.59. The Kier molecular flexibility index (Phi) is 4.20. The molecule has 162 valence electrons. The fourth-order valence-electron chi connectivity index (χ4n) is 4.77. The summed E-state index contributed by atoms with van der Waals surface area (Å²) in [6.07, 6.45) is 6.26. The van der Waals surface area contributed by atoms with Gasteiger partial charge in [0.15, 0.2) is 5.69 Å². The Hall–Kier alpha value is -4.26. The molecule has 0 amide bonds. The molecule has 0 saturated heterocycles. The van der Waals surface area contributed by atoms with E-state index in [2.05, 4.69) is 57.6 Å². The van der Waals surface area contributed by atoms with Crippen molar-refractivity contribution in [3.63, 3.8) is 0 Å².